The standard InChI is InChI=1S/C8H11FN8/c9-6-5-12-8(15-10)14-7(6)11-1-3-17-4-2-13-16-17/h2,4-5H,1,3,10H2,(H2,11,12,14,15). The van der Waals surface area contributed by atoms with Crippen molar-refractivity contribution in [3.63, 3.8) is 0 Å². The molecule has 0 aliphatic carbocycles. The summed E-state index contributed by atoms with van der Waals surface area (Å²) in [6.07, 6.45) is 4.33. The van der Waals surface area contributed by atoms with E-state index >= 15 is 0 Å². The van der Waals surface area contributed by atoms with Gasteiger partial charge in [-0.05, 0) is 0 Å². The van der Waals surface area contributed by atoms with Gasteiger partial charge in [0.05, 0.1) is 18.9 Å². The fraction of sp³-hybridized carbons (Fsp3) is 0.250. The molecule has 0 saturated carbocycles. The molecule has 0 fully saturated rings. The average Bonchev–Trinajstić information content (AvgIpc) is 2.84. The highest BCUT2D eigenvalue weighted by Crippen LogP contribution is 2.10. The van der Waals surface area contributed by atoms with Gasteiger partial charge in [0, 0.05) is 12.7 Å². The molecule has 2 aromatic rings. The zero-order valence-electron chi connectivity index (χ0n) is 8.84. The summed E-state index contributed by atoms with van der Waals surface area (Å²) in [6.45, 7) is 1.01. The van der Waals surface area contributed by atoms with Crippen LogP contribution in [-0.4, -0.2) is 31.5 Å². The first-order valence-corrected chi connectivity index (χ1v) is 4.86. The SMILES string of the molecule is NNc1ncc(F)c(NCCn2ccnn2)n1. The third-order valence-electron chi connectivity index (χ3n) is 1.98. The predicted molar refractivity (Wildman–Crippen MR) is 58.3 cm³/mol. The monoisotopic (exact) mass is 238 g/mol. The summed E-state index contributed by atoms with van der Waals surface area (Å²) in [5.74, 6) is 4.83. The average molecular weight is 238 g/mol. The Morgan fingerprint density at radius 2 is 2.35 bits per heavy atom. The zero-order valence-corrected chi connectivity index (χ0v) is 8.84. The minimum atomic E-state index is -0.539. The number of hydrazine groups is 1. The maximum atomic E-state index is 13.3. The lowest BCUT2D eigenvalue weighted by atomic mass is 10.5. The Kier molecular flexibility index (Phi) is 3.40. The van der Waals surface area contributed by atoms with Crippen molar-refractivity contribution in [2.24, 2.45) is 5.84 Å². The largest absolute Gasteiger partial charge is 0.366 e. The molecule has 9 heteroatoms. The second-order valence-electron chi connectivity index (χ2n) is 3.13. The Bertz CT molecular complexity index is 470. The fourth-order valence-electron chi connectivity index (χ4n) is 1.20. The van der Waals surface area contributed by atoms with E-state index in [1.54, 1.807) is 17.1 Å². The third-order valence-corrected chi connectivity index (χ3v) is 1.98. The van der Waals surface area contributed by atoms with Crippen LogP contribution in [0.5, 0.6) is 0 Å². The molecule has 2 rings (SSSR count). The van der Waals surface area contributed by atoms with Crippen LogP contribution < -0.4 is 16.6 Å². The molecule has 0 amide bonds. The van der Waals surface area contributed by atoms with Crippen LogP contribution in [-0.2, 0) is 6.54 Å². The smallest absolute Gasteiger partial charge is 0.239 e. The van der Waals surface area contributed by atoms with Crippen molar-refractivity contribution in [3.8, 4) is 0 Å². The molecular formula is C8H11FN8. The molecule has 2 aromatic heterocycles. The van der Waals surface area contributed by atoms with Crippen LogP contribution in [0.25, 0.3) is 0 Å². The fourth-order valence-corrected chi connectivity index (χ4v) is 1.20. The molecule has 0 atom stereocenters. The predicted octanol–water partition coefficient (Wildman–Crippen LogP) is -0.395. The van der Waals surface area contributed by atoms with Crippen LogP contribution in [0, 0.1) is 5.82 Å². The Morgan fingerprint density at radius 1 is 1.47 bits per heavy atom. The van der Waals surface area contributed by atoms with Gasteiger partial charge in [-0.1, -0.05) is 5.21 Å². The van der Waals surface area contributed by atoms with Crippen LogP contribution in [0.2, 0.25) is 0 Å². The summed E-state index contributed by atoms with van der Waals surface area (Å²) < 4.78 is 14.9. The van der Waals surface area contributed by atoms with Gasteiger partial charge in [-0.3, -0.25) is 10.1 Å². The van der Waals surface area contributed by atoms with Crippen molar-refractivity contribution in [3.05, 3.63) is 24.4 Å². The van der Waals surface area contributed by atoms with E-state index < -0.39 is 5.82 Å². The van der Waals surface area contributed by atoms with Gasteiger partial charge in [0.2, 0.25) is 5.95 Å². The first-order valence-electron chi connectivity index (χ1n) is 4.86. The van der Waals surface area contributed by atoms with Gasteiger partial charge in [-0.15, -0.1) is 5.10 Å². The van der Waals surface area contributed by atoms with Crippen LogP contribution in [0.3, 0.4) is 0 Å². The quantitative estimate of drug-likeness (QED) is 0.480. The molecule has 8 nitrogen and oxygen atoms in total. The summed E-state index contributed by atoms with van der Waals surface area (Å²) in [7, 11) is 0. The number of halogens is 1. The van der Waals surface area contributed by atoms with E-state index in [9.17, 15) is 4.39 Å². The molecule has 17 heavy (non-hydrogen) atoms. The molecule has 0 saturated heterocycles. The third kappa shape index (κ3) is 2.84. The topological polar surface area (TPSA) is 107 Å². The second-order valence-corrected chi connectivity index (χ2v) is 3.13. The molecule has 0 spiro atoms. The number of nitrogens with one attached hydrogen (secondary N) is 2. The van der Waals surface area contributed by atoms with Crippen molar-refractivity contribution in [1.29, 1.82) is 0 Å². The minimum Gasteiger partial charge on any atom is -0.366 e. The van der Waals surface area contributed by atoms with Crippen molar-refractivity contribution in [2.45, 2.75) is 6.54 Å². The van der Waals surface area contributed by atoms with Crippen LogP contribution in [0.1, 0.15) is 0 Å². The number of nitrogens with two attached hydrogens (primary N) is 1. The molecule has 0 aromatic carbocycles. The summed E-state index contributed by atoms with van der Waals surface area (Å²) in [4.78, 5) is 7.46. The number of aromatic nitrogens is 5. The molecule has 0 radical (unpaired) electrons. The van der Waals surface area contributed by atoms with Gasteiger partial charge in [0.25, 0.3) is 0 Å². The van der Waals surface area contributed by atoms with E-state index in [0.717, 1.165) is 6.20 Å². The van der Waals surface area contributed by atoms with E-state index in [2.05, 4.69) is 31.0 Å². The normalized spacial score (nSPS) is 10.2. The van der Waals surface area contributed by atoms with Crippen molar-refractivity contribution >= 4 is 11.8 Å². The van der Waals surface area contributed by atoms with Gasteiger partial charge >= 0.3 is 0 Å². The van der Waals surface area contributed by atoms with Crippen molar-refractivity contribution in [1.82, 2.24) is 25.0 Å². The Balaban J connectivity index is 1.94. The van der Waals surface area contributed by atoms with E-state index in [1.807, 2.05) is 0 Å². The first kappa shape index (κ1) is 11.2. The van der Waals surface area contributed by atoms with Gasteiger partial charge in [-0.2, -0.15) is 4.98 Å². The number of hydrogen-bond donors (Lipinski definition) is 3. The van der Waals surface area contributed by atoms with Gasteiger partial charge < -0.3 is 5.32 Å². The number of nitrogen functional groups attached to an aromatic ring is 1. The molecule has 0 aliphatic heterocycles. The number of anilines is 2. The highest BCUT2D eigenvalue weighted by molar-refractivity contribution is 5.40. The first-order chi connectivity index (χ1) is 8.29. The number of nitrogens with zero attached hydrogens (tertiary/aromatic N) is 5. The Labute approximate surface area is 96.0 Å². The molecule has 90 valence electrons. The van der Waals surface area contributed by atoms with Crippen molar-refractivity contribution < 1.29 is 4.39 Å². The Hall–Kier alpha value is -2.29. The lowest BCUT2D eigenvalue weighted by molar-refractivity contribution is 0.596. The maximum absolute atomic E-state index is 13.3. The molecule has 0 aliphatic rings. The van der Waals surface area contributed by atoms with Crippen LogP contribution >= 0.6 is 0 Å². The molecule has 2 heterocycles. The molecular weight excluding hydrogens is 227 g/mol. The van der Waals surface area contributed by atoms with Crippen molar-refractivity contribution in [2.75, 3.05) is 17.3 Å². The Morgan fingerprint density at radius 3 is 3.06 bits per heavy atom. The van der Waals surface area contributed by atoms with E-state index in [4.69, 9.17) is 5.84 Å². The highest BCUT2D eigenvalue weighted by Gasteiger charge is 2.05. The lowest BCUT2D eigenvalue weighted by Gasteiger charge is -2.07. The molecule has 4 N–H and O–H groups in total. The minimum absolute atomic E-state index is 0.0908. The summed E-state index contributed by atoms with van der Waals surface area (Å²) in [5, 5.41) is 10.2. The number of rotatable bonds is 5. The van der Waals surface area contributed by atoms with E-state index in [0.29, 0.717) is 13.1 Å². The van der Waals surface area contributed by atoms with Gasteiger partial charge in [0.1, 0.15) is 0 Å². The van der Waals surface area contributed by atoms with E-state index in [1.165, 1.54) is 0 Å². The van der Waals surface area contributed by atoms with Gasteiger partial charge in [-0.25, -0.2) is 15.2 Å². The van der Waals surface area contributed by atoms with Crippen LogP contribution in [0.4, 0.5) is 16.2 Å². The van der Waals surface area contributed by atoms with Gasteiger partial charge in [0.15, 0.2) is 11.6 Å². The molecule has 0 unspecified atom stereocenters. The lowest BCUT2D eigenvalue weighted by Crippen LogP contribution is -2.15. The van der Waals surface area contributed by atoms with Crippen LogP contribution in [0.15, 0.2) is 18.6 Å². The summed E-state index contributed by atoms with van der Waals surface area (Å²) in [5.41, 5.74) is 2.24. The van der Waals surface area contributed by atoms with E-state index in [-0.39, 0.29) is 11.8 Å². The number of hydrogen-bond acceptors (Lipinski definition) is 7. The summed E-state index contributed by atoms with van der Waals surface area (Å²) >= 11 is 0. The molecule has 0 bridgehead atoms. The highest BCUT2D eigenvalue weighted by atomic mass is 19.1. The summed E-state index contributed by atoms with van der Waals surface area (Å²) in [6, 6.07) is 0. The maximum Gasteiger partial charge on any atom is 0.239 e. The second kappa shape index (κ2) is 5.16. The zero-order chi connectivity index (χ0) is 12.1.